The van der Waals surface area contributed by atoms with Crippen molar-refractivity contribution in [2.45, 2.75) is 28.7 Å². The third-order valence-electron chi connectivity index (χ3n) is 5.84. The summed E-state index contributed by atoms with van der Waals surface area (Å²) in [5.74, 6) is -2.69. The number of fused-ring (bicyclic) bond motifs is 2. The Morgan fingerprint density at radius 1 is 1.03 bits per heavy atom. The van der Waals surface area contributed by atoms with Gasteiger partial charge >= 0.3 is 11.9 Å². The summed E-state index contributed by atoms with van der Waals surface area (Å²) in [7, 11) is 0. The number of piperazine rings is 1. The normalized spacial score (nSPS) is 18.2. The average molecular weight is 523 g/mol. The van der Waals surface area contributed by atoms with Gasteiger partial charge in [-0.3, -0.25) is 4.90 Å². The number of hydrogen-bond donors (Lipinski definition) is 3. The number of aliphatic hydroxyl groups is 1. The second-order valence-electron chi connectivity index (χ2n) is 8.22. The first-order chi connectivity index (χ1) is 16.8. The molecule has 1 saturated heterocycles. The Morgan fingerprint density at radius 2 is 1.69 bits per heavy atom. The fraction of sp³-hybridized carbons (Fsp3) is 0.360. The van der Waals surface area contributed by atoms with Crippen molar-refractivity contribution < 1.29 is 29.3 Å². The number of carboxylic acid groups (broad SMARTS) is 2. The summed E-state index contributed by atoms with van der Waals surface area (Å²) in [4.78, 5) is 26.3. The van der Waals surface area contributed by atoms with Crippen molar-refractivity contribution in [3.63, 3.8) is 0 Å². The first-order valence-electron chi connectivity index (χ1n) is 11.2. The summed E-state index contributed by atoms with van der Waals surface area (Å²) in [6.45, 7) is 5.05. The number of nitrogens with zero attached hydrogens (tertiary/aromatic N) is 2. The molecule has 1 unspecified atom stereocenters. The standard InChI is InChI=1S/C21H24ClFN2OS.C4H4O4/c22-16-2-4-20-15(12-16)13-19(18-14-17(23)3-5-21(18)27-20)25-9-7-24(8-10-25)6-1-11-26;5-3(6)1-2-4(7)8/h2-5,12,14,19,26H,1,6-11,13H2;1-2H,(H,5,6)(H,7,8)/b;2-1-. The molecule has 0 aromatic heterocycles. The number of rotatable bonds is 6. The van der Waals surface area contributed by atoms with Crippen LogP contribution in [-0.4, -0.2) is 76.4 Å². The highest BCUT2D eigenvalue weighted by molar-refractivity contribution is 7.99. The van der Waals surface area contributed by atoms with E-state index in [0.717, 1.165) is 61.0 Å². The van der Waals surface area contributed by atoms with E-state index >= 15 is 0 Å². The van der Waals surface area contributed by atoms with Crippen molar-refractivity contribution in [1.29, 1.82) is 0 Å². The number of aliphatic hydroxyl groups excluding tert-OH is 1. The first-order valence-corrected chi connectivity index (χ1v) is 12.4. The van der Waals surface area contributed by atoms with E-state index < -0.39 is 11.9 Å². The smallest absolute Gasteiger partial charge is 0.328 e. The van der Waals surface area contributed by atoms with E-state index in [-0.39, 0.29) is 18.5 Å². The van der Waals surface area contributed by atoms with E-state index in [0.29, 0.717) is 12.2 Å². The summed E-state index contributed by atoms with van der Waals surface area (Å²) >= 11 is 7.97. The number of benzene rings is 2. The van der Waals surface area contributed by atoms with E-state index in [2.05, 4.69) is 21.9 Å². The number of hydrogen-bond acceptors (Lipinski definition) is 6. The Bertz CT molecular complexity index is 1060. The fourth-order valence-electron chi connectivity index (χ4n) is 4.18. The maximum atomic E-state index is 14.1. The number of carbonyl (C=O) groups is 2. The predicted octanol–water partition coefficient (Wildman–Crippen LogP) is 3.94. The third-order valence-corrected chi connectivity index (χ3v) is 7.28. The lowest BCUT2D eigenvalue weighted by Gasteiger charge is -2.39. The summed E-state index contributed by atoms with van der Waals surface area (Å²) in [6, 6.07) is 11.4. The zero-order chi connectivity index (χ0) is 25.4. The van der Waals surface area contributed by atoms with Gasteiger partial charge in [-0.15, -0.1) is 0 Å². The molecule has 2 aromatic carbocycles. The highest BCUT2D eigenvalue weighted by Gasteiger charge is 2.30. The van der Waals surface area contributed by atoms with Crippen LogP contribution in [0, 0.1) is 5.82 Å². The summed E-state index contributed by atoms with van der Waals surface area (Å²) < 4.78 is 14.1. The van der Waals surface area contributed by atoms with Gasteiger partial charge in [-0.1, -0.05) is 23.4 Å². The van der Waals surface area contributed by atoms with Crippen molar-refractivity contribution in [3.8, 4) is 0 Å². The van der Waals surface area contributed by atoms with Gasteiger partial charge in [0.2, 0.25) is 0 Å². The molecule has 4 rings (SSSR count). The van der Waals surface area contributed by atoms with E-state index in [1.54, 1.807) is 23.9 Å². The van der Waals surface area contributed by atoms with Gasteiger partial charge < -0.3 is 20.2 Å². The lowest BCUT2D eigenvalue weighted by atomic mass is 9.96. The Hall–Kier alpha value is -2.43. The van der Waals surface area contributed by atoms with Crippen molar-refractivity contribution in [2.75, 3.05) is 39.3 Å². The molecule has 2 aromatic rings. The van der Waals surface area contributed by atoms with E-state index in [9.17, 15) is 14.0 Å². The molecule has 2 heterocycles. The molecule has 0 aliphatic carbocycles. The Labute approximate surface area is 212 Å². The van der Waals surface area contributed by atoms with Gasteiger partial charge in [-0.2, -0.15) is 0 Å². The van der Waals surface area contributed by atoms with Crippen molar-refractivity contribution >= 4 is 35.3 Å². The van der Waals surface area contributed by atoms with Crippen molar-refractivity contribution in [2.24, 2.45) is 0 Å². The Balaban J connectivity index is 0.000000371. The molecule has 1 atom stereocenters. The summed E-state index contributed by atoms with van der Waals surface area (Å²) in [5, 5.41) is 25.4. The van der Waals surface area contributed by atoms with Gasteiger partial charge in [0.15, 0.2) is 0 Å². The fourth-order valence-corrected chi connectivity index (χ4v) is 5.47. The lowest BCUT2D eigenvalue weighted by Crippen LogP contribution is -2.48. The molecule has 35 heavy (non-hydrogen) atoms. The molecule has 0 saturated carbocycles. The first kappa shape index (κ1) is 27.2. The molecule has 2 aliphatic rings. The monoisotopic (exact) mass is 522 g/mol. The summed E-state index contributed by atoms with van der Waals surface area (Å²) in [6.07, 6.45) is 2.78. The molecule has 7 nitrogen and oxygen atoms in total. The zero-order valence-corrected chi connectivity index (χ0v) is 20.6. The Morgan fingerprint density at radius 3 is 2.31 bits per heavy atom. The van der Waals surface area contributed by atoms with Crippen LogP contribution in [0.3, 0.4) is 0 Å². The zero-order valence-electron chi connectivity index (χ0n) is 19.1. The van der Waals surface area contributed by atoms with Crippen LogP contribution in [0.25, 0.3) is 0 Å². The molecule has 0 spiro atoms. The molecule has 1 fully saturated rings. The number of aliphatic carboxylic acids is 2. The van der Waals surface area contributed by atoms with Crippen LogP contribution in [-0.2, 0) is 16.0 Å². The van der Waals surface area contributed by atoms with Gasteiger partial charge in [0.05, 0.1) is 0 Å². The van der Waals surface area contributed by atoms with Crippen LogP contribution in [0.5, 0.6) is 0 Å². The van der Waals surface area contributed by atoms with E-state index in [1.807, 2.05) is 12.1 Å². The van der Waals surface area contributed by atoms with Crippen molar-refractivity contribution in [1.82, 2.24) is 9.80 Å². The molecule has 3 N–H and O–H groups in total. The average Bonchev–Trinajstić information content (AvgIpc) is 2.98. The highest BCUT2D eigenvalue weighted by atomic mass is 35.5. The van der Waals surface area contributed by atoms with Crippen molar-refractivity contribution in [3.05, 3.63) is 70.5 Å². The quantitative estimate of drug-likeness (QED) is 0.490. The SMILES string of the molecule is O=C(O)/C=C\C(=O)O.OCCCN1CCN(C2Cc3cc(Cl)ccc3Sc3ccc(F)cc32)CC1. The molecule has 0 amide bonds. The molecular formula is C25H28ClFN2O5S. The molecule has 0 radical (unpaired) electrons. The van der Waals surface area contributed by atoms with Crippen LogP contribution in [0.1, 0.15) is 23.6 Å². The van der Waals surface area contributed by atoms with Crippen LogP contribution < -0.4 is 0 Å². The molecule has 188 valence electrons. The second kappa shape index (κ2) is 13.0. The Kier molecular flexibility index (Phi) is 10.1. The molecule has 0 bridgehead atoms. The number of halogens is 2. The predicted molar refractivity (Wildman–Crippen MR) is 133 cm³/mol. The van der Waals surface area contributed by atoms with Crippen LogP contribution >= 0.6 is 23.4 Å². The van der Waals surface area contributed by atoms with Gasteiger partial charge in [-0.25, -0.2) is 14.0 Å². The second-order valence-corrected chi connectivity index (χ2v) is 9.74. The van der Waals surface area contributed by atoms with Gasteiger partial charge in [0.1, 0.15) is 5.82 Å². The molecule has 2 aliphatic heterocycles. The van der Waals surface area contributed by atoms with Crippen LogP contribution in [0.4, 0.5) is 4.39 Å². The molecular weight excluding hydrogens is 495 g/mol. The lowest BCUT2D eigenvalue weighted by molar-refractivity contribution is -0.134. The van der Waals surface area contributed by atoms with E-state index in [4.69, 9.17) is 26.9 Å². The van der Waals surface area contributed by atoms with Gasteiger partial charge in [0, 0.05) is 72.3 Å². The van der Waals surface area contributed by atoms with Gasteiger partial charge in [-0.05, 0) is 60.4 Å². The van der Waals surface area contributed by atoms with E-state index in [1.165, 1.54) is 10.5 Å². The number of carboxylic acids is 2. The third kappa shape index (κ3) is 8.05. The molecule has 10 heteroatoms. The maximum Gasteiger partial charge on any atom is 0.328 e. The van der Waals surface area contributed by atoms with Crippen LogP contribution in [0.2, 0.25) is 5.02 Å². The van der Waals surface area contributed by atoms with Crippen LogP contribution in [0.15, 0.2) is 58.3 Å². The minimum atomic E-state index is -1.26. The largest absolute Gasteiger partial charge is 0.478 e. The minimum absolute atomic E-state index is 0.155. The minimum Gasteiger partial charge on any atom is -0.478 e. The highest BCUT2D eigenvalue weighted by Crippen LogP contribution is 2.43. The topological polar surface area (TPSA) is 101 Å². The maximum absolute atomic E-state index is 14.1. The summed E-state index contributed by atoms with van der Waals surface area (Å²) in [5.41, 5.74) is 2.31. The van der Waals surface area contributed by atoms with Gasteiger partial charge in [0.25, 0.3) is 0 Å².